The number of benzene rings is 3. The number of hydrogen-bond donors (Lipinski definition) is 1. The molecule has 0 radical (unpaired) electrons. The van der Waals surface area contributed by atoms with E-state index in [9.17, 15) is 14.7 Å². The van der Waals surface area contributed by atoms with Crippen molar-refractivity contribution in [3.63, 3.8) is 0 Å². The summed E-state index contributed by atoms with van der Waals surface area (Å²) in [7, 11) is 0. The molecule has 3 aromatic carbocycles. The molecule has 1 aliphatic heterocycles. The molecule has 1 fully saturated rings. The SMILES string of the molecule is C[C@H](O)C12c3ccccc3C(c3ccccc31)[C@H]1C(=O)N(c3cccc(Cl)c3)C(=O)[C@@H]12. The number of nitrogens with zero attached hydrogens (tertiary/aromatic N) is 1. The van der Waals surface area contributed by atoms with Gasteiger partial charge in [0.2, 0.25) is 11.8 Å². The number of rotatable bonds is 2. The fourth-order valence-corrected chi connectivity index (χ4v) is 6.59. The summed E-state index contributed by atoms with van der Waals surface area (Å²) in [5.74, 6) is -1.96. The molecule has 0 unspecified atom stereocenters. The first-order valence-electron chi connectivity index (χ1n) is 10.5. The van der Waals surface area contributed by atoms with E-state index in [0.29, 0.717) is 10.7 Å². The van der Waals surface area contributed by atoms with Gasteiger partial charge in [0.05, 0.1) is 29.0 Å². The fraction of sp³-hybridized carbons (Fsp3) is 0.231. The molecule has 0 saturated carbocycles. The van der Waals surface area contributed by atoms with Gasteiger partial charge in [0.15, 0.2) is 0 Å². The molecule has 1 heterocycles. The summed E-state index contributed by atoms with van der Waals surface area (Å²) in [4.78, 5) is 29.0. The van der Waals surface area contributed by atoms with Crippen molar-refractivity contribution >= 4 is 29.1 Å². The molecule has 2 amide bonds. The molecular formula is C26H20ClNO3. The molecule has 0 spiro atoms. The molecule has 4 nitrogen and oxygen atoms in total. The van der Waals surface area contributed by atoms with E-state index >= 15 is 0 Å². The van der Waals surface area contributed by atoms with Crippen LogP contribution in [-0.4, -0.2) is 23.0 Å². The quantitative estimate of drug-likeness (QED) is 0.619. The minimum Gasteiger partial charge on any atom is -0.392 e. The van der Waals surface area contributed by atoms with Gasteiger partial charge < -0.3 is 5.11 Å². The van der Waals surface area contributed by atoms with Crippen LogP contribution in [0, 0.1) is 11.8 Å². The molecule has 5 heteroatoms. The lowest BCUT2D eigenvalue weighted by Crippen LogP contribution is -2.58. The Hall–Kier alpha value is -2.95. The van der Waals surface area contributed by atoms with Crippen LogP contribution in [0.25, 0.3) is 0 Å². The normalized spacial score (nSPS) is 28.9. The number of carbonyl (C=O) groups excluding carboxylic acids is 2. The Kier molecular flexibility index (Phi) is 3.81. The summed E-state index contributed by atoms with van der Waals surface area (Å²) in [5.41, 5.74) is 3.44. The van der Waals surface area contributed by atoms with Gasteiger partial charge in [-0.15, -0.1) is 0 Å². The number of anilines is 1. The number of amides is 2. The van der Waals surface area contributed by atoms with Gasteiger partial charge in [0, 0.05) is 10.9 Å². The van der Waals surface area contributed by atoms with Gasteiger partial charge in [0.25, 0.3) is 0 Å². The zero-order chi connectivity index (χ0) is 21.5. The Morgan fingerprint density at radius 3 is 2.10 bits per heavy atom. The minimum absolute atomic E-state index is 0.223. The predicted octanol–water partition coefficient (Wildman–Crippen LogP) is 4.27. The van der Waals surface area contributed by atoms with Crippen LogP contribution in [0.3, 0.4) is 0 Å². The highest BCUT2D eigenvalue weighted by atomic mass is 35.5. The van der Waals surface area contributed by atoms with E-state index in [1.807, 2.05) is 48.5 Å². The predicted molar refractivity (Wildman–Crippen MR) is 118 cm³/mol. The fourth-order valence-electron chi connectivity index (χ4n) is 6.41. The number of halogens is 1. The number of imide groups is 1. The highest BCUT2D eigenvalue weighted by Gasteiger charge is 2.69. The maximum atomic E-state index is 13.9. The average Bonchev–Trinajstić information content (AvgIpc) is 3.04. The molecule has 1 N–H and O–H groups in total. The first-order valence-corrected chi connectivity index (χ1v) is 10.9. The van der Waals surface area contributed by atoms with Crippen LogP contribution in [0.2, 0.25) is 5.02 Å². The van der Waals surface area contributed by atoms with Gasteiger partial charge in [-0.05, 0) is 47.4 Å². The number of aliphatic hydroxyl groups excluding tert-OH is 1. The van der Waals surface area contributed by atoms with Crippen LogP contribution < -0.4 is 4.90 Å². The second-order valence-electron chi connectivity index (χ2n) is 8.69. The number of hydrogen-bond acceptors (Lipinski definition) is 3. The minimum atomic E-state index is -0.979. The molecule has 4 aliphatic rings. The van der Waals surface area contributed by atoms with Crippen molar-refractivity contribution in [2.75, 3.05) is 4.90 Å². The molecule has 3 aliphatic carbocycles. The van der Waals surface area contributed by atoms with Crippen molar-refractivity contribution in [2.45, 2.75) is 24.4 Å². The second kappa shape index (κ2) is 6.28. The molecule has 3 aromatic rings. The van der Waals surface area contributed by atoms with Gasteiger partial charge in [0.1, 0.15) is 0 Å². The van der Waals surface area contributed by atoms with E-state index in [1.165, 1.54) is 4.90 Å². The van der Waals surface area contributed by atoms with Gasteiger partial charge in [-0.1, -0.05) is 66.2 Å². The van der Waals surface area contributed by atoms with Crippen LogP contribution in [0.1, 0.15) is 35.1 Å². The zero-order valence-electron chi connectivity index (χ0n) is 16.8. The number of carbonyl (C=O) groups is 2. The van der Waals surface area contributed by atoms with Crippen molar-refractivity contribution in [3.05, 3.63) is 100 Å². The lowest BCUT2D eigenvalue weighted by Gasteiger charge is -2.55. The molecule has 2 bridgehead atoms. The Morgan fingerprint density at radius 1 is 0.903 bits per heavy atom. The van der Waals surface area contributed by atoms with Gasteiger partial charge in [-0.3, -0.25) is 9.59 Å². The Bertz CT molecular complexity index is 1220. The maximum Gasteiger partial charge on any atom is 0.239 e. The van der Waals surface area contributed by atoms with Crippen LogP contribution in [-0.2, 0) is 15.0 Å². The van der Waals surface area contributed by atoms with Gasteiger partial charge >= 0.3 is 0 Å². The zero-order valence-corrected chi connectivity index (χ0v) is 17.6. The highest BCUT2D eigenvalue weighted by molar-refractivity contribution is 6.31. The van der Waals surface area contributed by atoms with Gasteiger partial charge in [-0.25, -0.2) is 4.90 Å². The summed E-state index contributed by atoms with van der Waals surface area (Å²) >= 11 is 6.18. The third kappa shape index (κ3) is 2.14. The topological polar surface area (TPSA) is 57.6 Å². The van der Waals surface area contributed by atoms with Crippen molar-refractivity contribution in [1.29, 1.82) is 0 Å². The largest absolute Gasteiger partial charge is 0.392 e. The van der Waals surface area contributed by atoms with E-state index in [1.54, 1.807) is 31.2 Å². The van der Waals surface area contributed by atoms with E-state index in [2.05, 4.69) is 0 Å². The third-order valence-electron chi connectivity index (χ3n) is 7.41. The molecule has 7 rings (SSSR count). The van der Waals surface area contributed by atoms with Crippen LogP contribution in [0.5, 0.6) is 0 Å². The molecule has 154 valence electrons. The Balaban J connectivity index is 1.67. The Morgan fingerprint density at radius 2 is 1.52 bits per heavy atom. The molecule has 0 aromatic heterocycles. The maximum absolute atomic E-state index is 13.9. The van der Waals surface area contributed by atoms with E-state index < -0.39 is 23.4 Å². The van der Waals surface area contributed by atoms with Gasteiger partial charge in [-0.2, -0.15) is 0 Å². The van der Waals surface area contributed by atoms with Crippen LogP contribution >= 0.6 is 11.6 Å². The van der Waals surface area contributed by atoms with Crippen LogP contribution in [0.15, 0.2) is 72.8 Å². The first kappa shape index (κ1) is 18.8. The summed E-state index contributed by atoms with van der Waals surface area (Å²) in [6, 6.07) is 22.7. The van der Waals surface area contributed by atoms with Crippen molar-refractivity contribution in [3.8, 4) is 0 Å². The van der Waals surface area contributed by atoms with Crippen molar-refractivity contribution in [2.24, 2.45) is 11.8 Å². The average molecular weight is 430 g/mol. The standard InChI is InChI=1S/C26H20ClNO3/c1-14(29)26-19-11-4-2-9-17(19)21(18-10-3-5-12-20(18)26)22-23(26)25(31)28(24(22)30)16-8-6-7-15(27)13-16/h2-14,21-23,29H,1H3/t14-,21?,22+,23+,26?/m0/s1. The second-order valence-corrected chi connectivity index (χ2v) is 9.13. The molecular weight excluding hydrogens is 410 g/mol. The van der Waals surface area contributed by atoms with E-state index in [0.717, 1.165) is 22.3 Å². The molecule has 31 heavy (non-hydrogen) atoms. The summed E-state index contributed by atoms with van der Waals surface area (Å²) in [6.45, 7) is 1.73. The monoisotopic (exact) mass is 429 g/mol. The van der Waals surface area contributed by atoms with E-state index in [4.69, 9.17) is 11.6 Å². The molecule has 3 atom stereocenters. The van der Waals surface area contributed by atoms with Crippen molar-refractivity contribution < 1.29 is 14.7 Å². The summed E-state index contributed by atoms with van der Waals surface area (Å²) in [5, 5.41) is 11.8. The van der Waals surface area contributed by atoms with Crippen LogP contribution in [0.4, 0.5) is 5.69 Å². The van der Waals surface area contributed by atoms with E-state index in [-0.39, 0.29) is 17.7 Å². The Labute approximate surface area is 185 Å². The summed E-state index contributed by atoms with van der Waals surface area (Å²) in [6.07, 6.45) is -0.861. The third-order valence-corrected chi connectivity index (χ3v) is 7.64. The van der Waals surface area contributed by atoms with Crippen molar-refractivity contribution in [1.82, 2.24) is 0 Å². The highest BCUT2D eigenvalue weighted by Crippen LogP contribution is 2.65. The number of aliphatic hydroxyl groups is 1. The lowest BCUT2D eigenvalue weighted by atomic mass is 9.46. The lowest BCUT2D eigenvalue weighted by molar-refractivity contribution is -0.126. The molecule has 1 saturated heterocycles. The summed E-state index contributed by atoms with van der Waals surface area (Å²) < 4.78 is 0. The smallest absolute Gasteiger partial charge is 0.239 e. The first-order chi connectivity index (χ1) is 15.0.